The molecule has 0 bridgehead atoms. The Balaban J connectivity index is 2.11. The first-order valence-corrected chi connectivity index (χ1v) is 6.00. The third-order valence-electron chi connectivity index (χ3n) is 3.28. The first-order chi connectivity index (χ1) is 9.29. The summed E-state index contributed by atoms with van der Waals surface area (Å²) >= 11 is 0. The minimum atomic E-state index is -4.39. The van der Waals surface area contributed by atoms with Crippen molar-refractivity contribution in [3.8, 4) is 0 Å². The molecule has 20 heavy (non-hydrogen) atoms. The van der Waals surface area contributed by atoms with Gasteiger partial charge in [0, 0.05) is 12.5 Å². The topological polar surface area (TPSA) is 57.6 Å². The average Bonchev–Trinajstić information content (AvgIpc) is 2.70. The third kappa shape index (κ3) is 2.92. The Morgan fingerprint density at radius 2 is 1.90 bits per heavy atom. The number of hydrogen-bond acceptors (Lipinski definition) is 2. The fraction of sp³-hybridized carbons (Fsp3) is 0.385. The van der Waals surface area contributed by atoms with E-state index in [2.05, 4.69) is 0 Å². The summed E-state index contributed by atoms with van der Waals surface area (Å²) in [7, 11) is 0. The van der Waals surface area contributed by atoms with Crippen LogP contribution in [-0.2, 0) is 17.4 Å². The van der Waals surface area contributed by atoms with E-state index in [0.29, 0.717) is 12.0 Å². The molecule has 1 aromatic carbocycles. The van der Waals surface area contributed by atoms with Crippen molar-refractivity contribution < 1.29 is 27.9 Å². The lowest BCUT2D eigenvalue weighted by Crippen LogP contribution is -2.38. The number of benzene rings is 1. The molecule has 2 amide bonds. The number of hydrogen-bond donors (Lipinski definition) is 1. The standard InChI is InChI=1S/C13H12F3NO3/c14-13(15,16)9-3-1-8(2-4-9)7-10-5-6-11(18)17(10)12(19)20/h1-4,10H,5-7H2,(H,19,20). The normalized spacial score (nSPS) is 19.4. The molecule has 0 aromatic heterocycles. The molecule has 1 aliphatic rings. The number of carboxylic acid groups (broad SMARTS) is 1. The Morgan fingerprint density at radius 3 is 2.40 bits per heavy atom. The lowest BCUT2D eigenvalue weighted by atomic mass is 10.0. The molecule has 0 saturated carbocycles. The van der Waals surface area contributed by atoms with Gasteiger partial charge in [0.15, 0.2) is 0 Å². The molecule has 1 aromatic rings. The summed E-state index contributed by atoms with van der Waals surface area (Å²) in [4.78, 5) is 23.1. The second kappa shape index (κ2) is 5.15. The van der Waals surface area contributed by atoms with E-state index in [1.165, 1.54) is 12.1 Å². The number of rotatable bonds is 2. The molecule has 2 rings (SSSR count). The highest BCUT2D eigenvalue weighted by molar-refractivity contribution is 5.93. The van der Waals surface area contributed by atoms with E-state index < -0.39 is 29.8 Å². The van der Waals surface area contributed by atoms with E-state index in [0.717, 1.165) is 17.0 Å². The summed E-state index contributed by atoms with van der Waals surface area (Å²) in [6.45, 7) is 0. The van der Waals surface area contributed by atoms with Crippen LogP contribution >= 0.6 is 0 Å². The van der Waals surface area contributed by atoms with Crippen molar-refractivity contribution >= 4 is 12.0 Å². The molecular weight excluding hydrogens is 275 g/mol. The lowest BCUT2D eigenvalue weighted by Gasteiger charge is -2.19. The van der Waals surface area contributed by atoms with Crippen LogP contribution in [0.2, 0.25) is 0 Å². The van der Waals surface area contributed by atoms with Gasteiger partial charge in [0.25, 0.3) is 0 Å². The zero-order chi connectivity index (χ0) is 14.9. The van der Waals surface area contributed by atoms with Gasteiger partial charge in [-0.3, -0.25) is 4.79 Å². The van der Waals surface area contributed by atoms with Gasteiger partial charge in [-0.25, -0.2) is 9.69 Å². The SMILES string of the molecule is O=C(O)N1C(=O)CCC1Cc1ccc(C(F)(F)F)cc1. The quantitative estimate of drug-likeness (QED) is 0.909. The predicted molar refractivity (Wildman–Crippen MR) is 63.0 cm³/mol. The Kier molecular flexibility index (Phi) is 3.69. The minimum absolute atomic E-state index is 0.150. The lowest BCUT2D eigenvalue weighted by molar-refractivity contribution is -0.137. The Labute approximate surface area is 112 Å². The van der Waals surface area contributed by atoms with Gasteiger partial charge in [-0.15, -0.1) is 0 Å². The average molecular weight is 287 g/mol. The van der Waals surface area contributed by atoms with Gasteiger partial charge >= 0.3 is 12.3 Å². The van der Waals surface area contributed by atoms with Gasteiger partial charge in [-0.2, -0.15) is 13.2 Å². The maximum Gasteiger partial charge on any atom is 0.416 e. The van der Waals surface area contributed by atoms with Crippen LogP contribution in [-0.4, -0.2) is 28.0 Å². The first kappa shape index (κ1) is 14.4. The molecule has 1 saturated heterocycles. The van der Waals surface area contributed by atoms with Crippen LogP contribution in [0.5, 0.6) is 0 Å². The van der Waals surface area contributed by atoms with Crippen LogP contribution in [0.1, 0.15) is 24.0 Å². The second-order valence-corrected chi connectivity index (χ2v) is 4.64. The number of amides is 2. The largest absolute Gasteiger partial charge is 0.465 e. The Hall–Kier alpha value is -2.05. The fourth-order valence-corrected chi connectivity index (χ4v) is 2.30. The molecule has 7 heteroatoms. The van der Waals surface area contributed by atoms with Gasteiger partial charge in [0.2, 0.25) is 5.91 Å². The van der Waals surface area contributed by atoms with Crippen LogP contribution in [0.4, 0.5) is 18.0 Å². The van der Waals surface area contributed by atoms with E-state index in [4.69, 9.17) is 5.11 Å². The molecule has 4 nitrogen and oxygen atoms in total. The number of imide groups is 1. The van der Waals surface area contributed by atoms with Crippen LogP contribution in [0.3, 0.4) is 0 Å². The zero-order valence-electron chi connectivity index (χ0n) is 10.4. The van der Waals surface area contributed by atoms with Crippen molar-refractivity contribution in [2.45, 2.75) is 31.5 Å². The molecule has 1 atom stereocenters. The first-order valence-electron chi connectivity index (χ1n) is 6.00. The monoisotopic (exact) mass is 287 g/mol. The van der Waals surface area contributed by atoms with E-state index in [-0.39, 0.29) is 12.8 Å². The van der Waals surface area contributed by atoms with Crippen LogP contribution in [0, 0.1) is 0 Å². The molecule has 0 radical (unpaired) electrons. The number of likely N-dealkylation sites (tertiary alicyclic amines) is 1. The van der Waals surface area contributed by atoms with Crippen LogP contribution in [0.25, 0.3) is 0 Å². The van der Waals surface area contributed by atoms with Crippen molar-refractivity contribution in [1.29, 1.82) is 0 Å². The van der Waals surface area contributed by atoms with Crippen LogP contribution < -0.4 is 0 Å². The second-order valence-electron chi connectivity index (χ2n) is 4.64. The minimum Gasteiger partial charge on any atom is -0.465 e. The van der Waals surface area contributed by atoms with Gasteiger partial charge in [-0.1, -0.05) is 12.1 Å². The van der Waals surface area contributed by atoms with Gasteiger partial charge in [0.05, 0.1) is 5.56 Å². The van der Waals surface area contributed by atoms with E-state index in [9.17, 15) is 22.8 Å². The van der Waals surface area contributed by atoms with E-state index >= 15 is 0 Å². The van der Waals surface area contributed by atoms with Gasteiger partial charge in [-0.05, 0) is 30.5 Å². The van der Waals surface area contributed by atoms with E-state index in [1.807, 2.05) is 0 Å². The molecule has 0 spiro atoms. The Bertz CT molecular complexity index is 525. The third-order valence-corrected chi connectivity index (χ3v) is 3.28. The molecule has 1 aliphatic heterocycles. The molecular formula is C13H12F3NO3. The fourth-order valence-electron chi connectivity index (χ4n) is 2.30. The number of halogens is 3. The summed E-state index contributed by atoms with van der Waals surface area (Å²) in [5, 5.41) is 8.94. The van der Waals surface area contributed by atoms with Crippen molar-refractivity contribution in [3.05, 3.63) is 35.4 Å². The molecule has 1 heterocycles. The van der Waals surface area contributed by atoms with Gasteiger partial charge < -0.3 is 5.11 Å². The predicted octanol–water partition coefficient (Wildman–Crippen LogP) is 2.92. The summed E-state index contributed by atoms with van der Waals surface area (Å²) in [6, 6.07) is 4.03. The highest BCUT2D eigenvalue weighted by atomic mass is 19.4. The smallest absolute Gasteiger partial charge is 0.416 e. The summed E-state index contributed by atoms with van der Waals surface area (Å²) in [5.41, 5.74) is -0.178. The number of alkyl halides is 3. The highest BCUT2D eigenvalue weighted by Gasteiger charge is 2.36. The number of carbonyl (C=O) groups excluding carboxylic acids is 1. The summed E-state index contributed by atoms with van der Waals surface area (Å²) in [5.74, 6) is -0.464. The van der Waals surface area contributed by atoms with Crippen LogP contribution in [0.15, 0.2) is 24.3 Å². The van der Waals surface area contributed by atoms with Crippen molar-refractivity contribution in [2.24, 2.45) is 0 Å². The highest BCUT2D eigenvalue weighted by Crippen LogP contribution is 2.30. The van der Waals surface area contributed by atoms with Crippen molar-refractivity contribution in [3.63, 3.8) is 0 Å². The molecule has 1 unspecified atom stereocenters. The van der Waals surface area contributed by atoms with Gasteiger partial charge in [0.1, 0.15) is 0 Å². The summed E-state index contributed by atoms with van der Waals surface area (Å²) in [6.07, 6.45) is -4.93. The number of nitrogens with zero attached hydrogens (tertiary/aromatic N) is 1. The maximum absolute atomic E-state index is 12.4. The zero-order valence-corrected chi connectivity index (χ0v) is 10.4. The van der Waals surface area contributed by atoms with Crippen molar-refractivity contribution in [2.75, 3.05) is 0 Å². The molecule has 0 aliphatic carbocycles. The molecule has 108 valence electrons. The number of carbonyl (C=O) groups is 2. The summed E-state index contributed by atoms with van der Waals surface area (Å²) < 4.78 is 37.2. The molecule has 1 N–H and O–H groups in total. The van der Waals surface area contributed by atoms with Crippen molar-refractivity contribution in [1.82, 2.24) is 4.90 Å². The maximum atomic E-state index is 12.4. The molecule has 1 fully saturated rings. The van der Waals surface area contributed by atoms with E-state index in [1.54, 1.807) is 0 Å². The Morgan fingerprint density at radius 1 is 1.30 bits per heavy atom.